The Bertz CT molecular complexity index is 268. The van der Waals surface area contributed by atoms with E-state index in [-0.39, 0.29) is 24.8 Å². The van der Waals surface area contributed by atoms with Crippen molar-refractivity contribution in [3.8, 4) is 0 Å². The predicted molar refractivity (Wildman–Crippen MR) is 62.8 cm³/mol. The van der Waals surface area contributed by atoms with Gasteiger partial charge in [-0.1, -0.05) is 0 Å². The largest absolute Gasteiger partial charge is 0.508 e. The van der Waals surface area contributed by atoms with Crippen molar-refractivity contribution in [2.45, 2.75) is 30.9 Å². The van der Waals surface area contributed by atoms with Crippen molar-refractivity contribution in [1.82, 2.24) is 0 Å². The monoisotopic (exact) mass is 306 g/mol. The van der Waals surface area contributed by atoms with Crippen LogP contribution in [0.3, 0.4) is 0 Å². The van der Waals surface area contributed by atoms with E-state index < -0.39 is 24.2 Å². The van der Waals surface area contributed by atoms with E-state index in [1.165, 1.54) is 7.11 Å². The minimum absolute atomic E-state index is 0.00595. The highest BCUT2D eigenvalue weighted by Crippen LogP contribution is 2.34. The van der Waals surface area contributed by atoms with Crippen molar-refractivity contribution < 1.29 is 36.4 Å². The van der Waals surface area contributed by atoms with Crippen LogP contribution >= 0.6 is 12.0 Å². The first-order valence-corrected chi connectivity index (χ1v) is 6.13. The molecule has 0 rings (SSSR count). The maximum absolute atomic E-state index is 13.0. The number of carbonyl (C=O) groups excluding carboxylic acids is 1. The zero-order chi connectivity index (χ0) is 14.9. The summed E-state index contributed by atoms with van der Waals surface area (Å²) in [5, 5.41) is -3.79. The molecule has 0 aliphatic rings. The van der Waals surface area contributed by atoms with Crippen molar-refractivity contribution in [1.29, 1.82) is 0 Å². The molecule has 0 fully saturated rings. The number of rotatable bonds is 9. The van der Waals surface area contributed by atoms with Crippen LogP contribution in [0.25, 0.3) is 0 Å². The van der Waals surface area contributed by atoms with Gasteiger partial charge in [-0.25, -0.2) is 9.18 Å². The van der Waals surface area contributed by atoms with Gasteiger partial charge in [0, 0.05) is 13.5 Å². The highest BCUT2D eigenvalue weighted by Gasteiger charge is 2.43. The first kappa shape index (κ1) is 18.3. The van der Waals surface area contributed by atoms with Crippen LogP contribution in [-0.2, 0) is 18.4 Å². The normalized spacial score (nSPS) is 14.8. The summed E-state index contributed by atoms with van der Waals surface area (Å²) in [5.41, 5.74) is 0. The molecule has 0 N–H and O–H groups in total. The molecule has 0 spiro atoms. The molecule has 0 bridgehead atoms. The fraction of sp³-hybridized carbons (Fsp3) is 0.900. The topological polar surface area (TPSA) is 54.0 Å². The summed E-state index contributed by atoms with van der Waals surface area (Å²) in [6.07, 6.45) is -3.59. The second kappa shape index (κ2) is 9.27. The van der Waals surface area contributed by atoms with Crippen LogP contribution in [-0.4, -0.2) is 51.1 Å². The highest BCUT2D eigenvalue weighted by atomic mass is 32.2. The zero-order valence-electron chi connectivity index (χ0n) is 10.9. The molecule has 0 aliphatic carbocycles. The molecular formula is C10H17F3O5S. The van der Waals surface area contributed by atoms with Gasteiger partial charge in [0.15, 0.2) is 0 Å². The minimum atomic E-state index is -3.79. The molecule has 0 saturated heterocycles. The molecule has 0 aromatic carbocycles. The first-order valence-electron chi connectivity index (χ1n) is 5.39. The quantitative estimate of drug-likeness (QED) is 0.482. The molecule has 0 amide bonds. The summed E-state index contributed by atoms with van der Waals surface area (Å²) in [6.45, 7) is 0.644. The molecule has 19 heavy (non-hydrogen) atoms. The average molecular weight is 306 g/mol. The van der Waals surface area contributed by atoms with Crippen LogP contribution < -0.4 is 0 Å². The third-order valence-electron chi connectivity index (χ3n) is 2.05. The Balaban J connectivity index is 3.84. The number of alkyl halides is 3. The Morgan fingerprint density at radius 3 is 2.47 bits per heavy atom. The molecule has 0 heterocycles. The molecule has 0 aliphatic heterocycles. The molecule has 5 nitrogen and oxygen atoms in total. The Labute approximate surface area is 113 Å². The van der Waals surface area contributed by atoms with Gasteiger partial charge in [0.25, 0.3) is 0 Å². The van der Waals surface area contributed by atoms with Gasteiger partial charge in [0.05, 0.1) is 31.9 Å². The van der Waals surface area contributed by atoms with Crippen LogP contribution in [0.4, 0.5) is 18.0 Å². The standard InChI is InChI=1S/C10H17F3O5S/c1-7(15-2)4-5-17-9(14)18-6-8(11)10(12,13)19-16-3/h7-8H,4-6H2,1-3H3. The molecule has 9 heteroatoms. The number of ether oxygens (including phenoxy) is 3. The summed E-state index contributed by atoms with van der Waals surface area (Å²) in [7, 11) is 2.48. The molecule has 0 radical (unpaired) electrons. The van der Waals surface area contributed by atoms with Crippen LogP contribution in [0.2, 0.25) is 0 Å². The number of carbonyl (C=O) groups is 1. The van der Waals surface area contributed by atoms with Gasteiger partial charge in [-0.3, -0.25) is 0 Å². The number of hydrogen-bond acceptors (Lipinski definition) is 6. The van der Waals surface area contributed by atoms with Gasteiger partial charge in [-0.15, -0.1) is 0 Å². The maximum atomic E-state index is 13.0. The van der Waals surface area contributed by atoms with Crippen LogP contribution in [0.5, 0.6) is 0 Å². The van der Waals surface area contributed by atoms with Gasteiger partial charge < -0.3 is 18.4 Å². The fourth-order valence-electron chi connectivity index (χ4n) is 0.869. The summed E-state index contributed by atoms with van der Waals surface area (Å²) in [4.78, 5) is 11.0. The van der Waals surface area contributed by atoms with Crippen molar-refractivity contribution >= 4 is 18.2 Å². The van der Waals surface area contributed by atoms with Crippen molar-refractivity contribution in [3.05, 3.63) is 0 Å². The van der Waals surface area contributed by atoms with Gasteiger partial charge in [0.1, 0.15) is 6.61 Å². The first-order chi connectivity index (χ1) is 8.83. The lowest BCUT2D eigenvalue weighted by atomic mass is 10.3. The fourth-order valence-corrected chi connectivity index (χ4v) is 1.26. The Kier molecular flexibility index (Phi) is 8.94. The Morgan fingerprint density at radius 1 is 1.32 bits per heavy atom. The lowest BCUT2D eigenvalue weighted by Gasteiger charge is -2.18. The van der Waals surface area contributed by atoms with Crippen molar-refractivity contribution in [2.75, 3.05) is 27.4 Å². The molecule has 114 valence electrons. The smallest absolute Gasteiger partial charge is 0.434 e. The summed E-state index contributed by atoms with van der Waals surface area (Å²) < 4.78 is 56.5. The predicted octanol–water partition coefficient (Wildman–Crippen LogP) is 2.79. The van der Waals surface area contributed by atoms with Crippen molar-refractivity contribution in [3.63, 3.8) is 0 Å². The van der Waals surface area contributed by atoms with Crippen molar-refractivity contribution in [2.24, 2.45) is 0 Å². The van der Waals surface area contributed by atoms with E-state index >= 15 is 0 Å². The van der Waals surface area contributed by atoms with Gasteiger partial charge in [-0.2, -0.15) is 8.78 Å². The van der Waals surface area contributed by atoms with Crippen LogP contribution in [0.1, 0.15) is 13.3 Å². The zero-order valence-corrected chi connectivity index (χ0v) is 11.7. The van der Waals surface area contributed by atoms with Gasteiger partial charge >= 0.3 is 11.4 Å². The average Bonchev–Trinajstić information content (AvgIpc) is 2.35. The highest BCUT2D eigenvalue weighted by molar-refractivity contribution is 7.95. The lowest BCUT2D eigenvalue weighted by molar-refractivity contribution is -0.0357. The number of halogens is 3. The third-order valence-corrected chi connectivity index (χ3v) is 2.70. The van der Waals surface area contributed by atoms with E-state index in [1.54, 1.807) is 6.92 Å². The minimum Gasteiger partial charge on any atom is -0.434 e. The van der Waals surface area contributed by atoms with E-state index in [0.29, 0.717) is 6.42 Å². The SMILES string of the molecule is COSC(F)(F)C(F)COC(=O)OCCC(C)OC. The van der Waals surface area contributed by atoms with Crippen LogP contribution in [0, 0.1) is 0 Å². The van der Waals surface area contributed by atoms with Gasteiger partial charge in [-0.05, 0) is 6.92 Å². The second-order valence-corrected chi connectivity index (χ2v) is 4.57. The van der Waals surface area contributed by atoms with E-state index in [4.69, 9.17) is 4.74 Å². The molecule has 0 saturated carbocycles. The third kappa shape index (κ3) is 8.17. The number of methoxy groups -OCH3 is 1. The summed E-state index contributed by atoms with van der Waals surface area (Å²) in [5.74, 6) is 0. The maximum Gasteiger partial charge on any atom is 0.508 e. The number of hydrogen-bond donors (Lipinski definition) is 0. The van der Waals surface area contributed by atoms with E-state index in [9.17, 15) is 18.0 Å². The molecular weight excluding hydrogens is 289 g/mol. The summed E-state index contributed by atoms with van der Waals surface area (Å²) >= 11 is -0.339. The second-order valence-electron chi connectivity index (χ2n) is 3.52. The molecule has 2 atom stereocenters. The lowest BCUT2D eigenvalue weighted by Crippen LogP contribution is -2.31. The summed E-state index contributed by atoms with van der Waals surface area (Å²) in [6, 6.07) is 0. The van der Waals surface area contributed by atoms with Crippen LogP contribution in [0.15, 0.2) is 0 Å². The van der Waals surface area contributed by atoms with E-state index in [0.717, 1.165) is 7.11 Å². The van der Waals surface area contributed by atoms with E-state index in [2.05, 4.69) is 13.7 Å². The van der Waals surface area contributed by atoms with E-state index in [1.807, 2.05) is 0 Å². The van der Waals surface area contributed by atoms with Gasteiger partial charge in [0.2, 0.25) is 6.17 Å². The molecule has 2 unspecified atom stereocenters. The molecule has 0 aromatic heterocycles. The Morgan fingerprint density at radius 2 is 1.95 bits per heavy atom. The molecule has 0 aromatic rings. The Hall–Kier alpha value is -0.670.